The number of esters is 1. The van der Waals surface area contributed by atoms with Gasteiger partial charge in [-0.2, -0.15) is 0 Å². The third-order valence-corrected chi connectivity index (χ3v) is 1.83. The number of hydrogen-bond donors (Lipinski definition) is 0. The molecule has 1 atom stereocenters. The Bertz CT molecular complexity index is 261. The number of likely N-dealkylation sites (N-methyl/N-ethyl adjacent to an activating group) is 1. The molecule has 0 unspecified atom stereocenters. The van der Waals surface area contributed by atoms with Crippen molar-refractivity contribution < 1.29 is 19.1 Å². The molecule has 0 bridgehead atoms. The number of likely N-dealkylation sites (tertiary alicyclic amines) is 1. The lowest BCUT2D eigenvalue weighted by molar-refractivity contribution is -0.154. The second-order valence-corrected chi connectivity index (χ2v) is 2.78. The Hall–Kier alpha value is -1.39. The zero-order chi connectivity index (χ0) is 10.0. The number of amides is 2. The molecule has 0 aromatic carbocycles. The lowest BCUT2D eigenvalue weighted by Crippen LogP contribution is -2.33. The largest absolute Gasteiger partial charge is 0.452 e. The van der Waals surface area contributed by atoms with Gasteiger partial charge in [-0.25, -0.2) is 0 Å². The van der Waals surface area contributed by atoms with Gasteiger partial charge in [0.2, 0.25) is 5.91 Å². The van der Waals surface area contributed by atoms with E-state index < -0.39 is 18.0 Å². The molecule has 1 saturated heterocycles. The van der Waals surface area contributed by atoms with Crippen LogP contribution in [0.5, 0.6) is 0 Å². The second-order valence-electron chi connectivity index (χ2n) is 2.78. The van der Waals surface area contributed by atoms with Gasteiger partial charge in [0.15, 0.2) is 6.10 Å². The molecule has 72 valence electrons. The van der Waals surface area contributed by atoms with E-state index in [0.717, 1.165) is 4.90 Å². The molecule has 0 N–H and O–H groups in total. The number of rotatable bonds is 2. The Kier molecular flexibility index (Phi) is 2.65. The molecular formula is C8H11NO4. The molecule has 0 aromatic rings. The van der Waals surface area contributed by atoms with E-state index in [2.05, 4.69) is 4.74 Å². The summed E-state index contributed by atoms with van der Waals surface area (Å²) >= 11 is 0. The number of nitrogens with zero attached hydrogens (tertiary/aromatic N) is 1. The highest BCUT2D eigenvalue weighted by atomic mass is 16.5. The maximum Gasteiger partial charge on any atom is 0.303 e. The van der Waals surface area contributed by atoms with Crippen molar-refractivity contribution in [3.8, 4) is 0 Å². The fraction of sp³-hybridized carbons (Fsp3) is 0.625. The topological polar surface area (TPSA) is 63.7 Å². The van der Waals surface area contributed by atoms with Crippen LogP contribution in [0.25, 0.3) is 0 Å². The van der Waals surface area contributed by atoms with E-state index in [-0.39, 0.29) is 12.3 Å². The molecular weight excluding hydrogens is 174 g/mol. The molecule has 13 heavy (non-hydrogen) atoms. The van der Waals surface area contributed by atoms with Crippen LogP contribution in [0.1, 0.15) is 20.3 Å². The Morgan fingerprint density at radius 1 is 1.62 bits per heavy atom. The normalized spacial score (nSPS) is 22.3. The van der Waals surface area contributed by atoms with Gasteiger partial charge in [0, 0.05) is 13.5 Å². The van der Waals surface area contributed by atoms with Crippen molar-refractivity contribution in [3.05, 3.63) is 0 Å². The molecule has 5 nitrogen and oxygen atoms in total. The fourth-order valence-electron chi connectivity index (χ4n) is 1.28. The molecule has 0 spiro atoms. The Balaban J connectivity index is 2.67. The molecule has 0 radical (unpaired) electrons. The van der Waals surface area contributed by atoms with Gasteiger partial charge in [-0.1, -0.05) is 0 Å². The minimum Gasteiger partial charge on any atom is -0.452 e. The zero-order valence-electron chi connectivity index (χ0n) is 7.57. The number of ether oxygens (including phenoxy) is 1. The van der Waals surface area contributed by atoms with Crippen LogP contribution in [0.15, 0.2) is 0 Å². The van der Waals surface area contributed by atoms with Crippen LogP contribution in [0.3, 0.4) is 0 Å². The summed E-state index contributed by atoms with van der Waals surface area (Å²) in [6.07, 6.45) is -0.920. The molecule has 1 aliphatic heterocycles. The van der Waals surface area contributed by atoms with Gasteiger partial charge in [0.05, 0.1) is 6.42 Å². The molecule has 1 fully saturated rings. The quantitative estimate of drug-likeness (QED) is 0.437. The smallest absolute Gasteiger partial charge is 0.303 e. The molecule has 0 aliphatic carbocycles. The second kappa shape index (κ2) is 3.55. The Morgan fingerprint density at radius 2 is 2.23 bits per heavy atom. The number of carbonyl (C=O) groups is 3. The van der Waals surface area contributed by atoms with Gasteiger partial charge in [-0.3, -0.25) is 19.3 Å². The summed E-state index contributed by atoms with van der Waals surface area (Å²) in [5, 5.41) is 0. The van der Waals surface area contributed by atoms with Crippen LogP contribution >= 0.6 is 0 Å². The lowest BCUT2D eigenvalue weighted by atomic mass is 10.3. The van der Waals surface area contributed by atoms with Crippen LogP contribution in [0.2, 0.25) is 0 Å². The van der Waals surface area contributed by atoms with Gasteiger partial charge >= 0.3 is 5.97 Å². The first-order valence-electron chi connectivity index (χ1n) is 4.07. The molecule has 2 amide bonds. The van der Waals surface area contributed by atoms with E-state index >= 15 is 0 Å². The third-order valence-electron chi connectivity index (χ3n) is 1.83. The first kappa shape index (κ1) is 9.70. The van der Waals surface area contributed by atoms with Crippen LogP contribution in [-0.4, -0.2) is 35.3 Å². The predicted molar refractivity (Wildman–Crippen MR) is 42.6 cm³/mol. The summed E-state index contributed by atoms with van der Waals surface area (Å²) in [7, 11) is 0. The molecule has 1 aliphatic rings. The Labute approximate surface area is 75.6 Å². The maximum atomic E-state index is 11.3. The maximum absolute atomic E-state index is 11.3. The van der Waals surface area contributed by atoms with E-state index in [1.807, 2.05) is 0 Å². The number of hydrogen-bond acceptors (Lipinski definition) is 4. The van der Waals surface area contributed by atoms with Crippen LogP contribution < -0.4 is 0 Å². The highest BCUT2D eigenvalue weighted by Gasteiger charge is 2.39. The van der Waals surface area contributed by atoms with E-state index in [1.54, 1.807) is 6.92 Å². The van der Waals surface area contributed by atoms with Crippen molar-refractivity contribution in [1.29, 1.82) is 0 Å². The lowest BCUT2D eigenvalue weighted by Gasteiger charge is -2.11. The summed E-state index contributed by atoms with van der Waals surface area (Å²) in [4.78, 5) is 34.1. The number of imide groups is 1. The van der Waals surface area contributed by atoms with Gasteiger partial charge in [0.25, 0.3) is 5.91 Å². The summed E-state index contributed by atoms with van der Waals surface area (Å²) in [6.45, 7) is 3.24. The molecule has 0 saturated carbocycles. The minimum absolute atomic E-state index is 0.0216. The van der Waals surface area contributed by atoms with Crippen molar-refractivity contribution in [3.63, 3.8) is 0 Å². The highest BCUT2D eigenvalue weighted by molar-refractivity contribution is 6.05. The fourth-order valence-corrected chi connectivity index (χ4v) is 1.28. The molecule has 1 heterocycles. The standard InChI is InChI=1S/C8H11NO4/c1-3-9-7(11)4-6(8(9)12)13-5(2)10/h6H,3-4H2,1-2H3/t6-/m1/s1. The first-order chi connectivity index (χ1) is 6.06. The summed E-state index contributed by atoms with van der Waals surface area (Å²) in [6, 6.07) is 0. The van der Waals surface area contributed by atoms with Crippen molar-refractivity contribution in [1.82, 2.24) is 4.90 Å². The van der Waals surface area contributed by atoms with Crippen molar-refractivity contribution in [2.75, 3.05) is 6.54 Å². The molecule has 1 rings (SSSR count). The SMILES string of the molecule is CCN1C(=O)C[C@@H](OC(C)=O)C1=O. The summed E-state index contributed by atoms with van der Waals surface area (Å²) < 4.78 is 4.67. The van der Waals surface area contributed by atoms with Crippen LogP contribution in [-0.2, 0) is 19.1 Å². The predicted octanol–water partition coefficient (Wildman–Crippen LogP) is -0.303. The summed E-state index contributed by atoms with van der Waals surface area (Å²) in [5.41, 5.74) is 0. The van der Waals surface area contributed by atoms with Crippen molar-refractivity contribution in [2.45, 2.75) is 26.4 Å². The summed E-state index contributed by atoms with van der Waals surface area (Å²) in [5.74, 6) is -1.23. The zero-order valence-corrected chi connectivity index (χ0v) is 7.57. The van der Waals surface area contributed by atoms with Gasteiger partial charge < -0.3 is 4.74 Å². The van der Waals surface area contributed by atoms with Gasteiger partial charge in [-0.15, -0.1) is 0 Å². The number of carbonyl (C=O) groups excluding carboxylic acids is 3. The average molecular weight is 185 g/mol. The van der Waals surface area contributed by atoms with Crippen LogP contribution in [0.4, 0.5) is 0 Å². The van der Waals surface area contributed by atoms with E-state index in [4.69, 9.17) is 0 Å². The monoisotopic (exact) mass is 185 g/mol. The molecule has 5 heteroatoms. The average Bonchev–Trinajstić information content (AvgIpc) is 2.26. The third kappa shape index (κ3) is 1.85. The molecule has 0 aromatic heterocycles. The van der Waals surface area contributed by atoms with Crippen LogP contribution in [0, 0.1) is 0 Å². The highest BCUT2D eigenvalue weighted by Crippen LogP contribution is 2.15. The van der Waals surface area contributed by atoms with E-state index in [1.165, 1.54) is 6.92 Å². The van der Waals surface area contributed by atoms with Gasteiger partial charge in [-0.05, 0) is 6.92 Å². The van der Waals surface area contributed by atoms with Crippen molar-refractivity contribution in [2.24, 2.45) is 0 Å². The first-order valence-corrected chi connectivity index (χ1v) is 4.07. The van der Waals surface area contributed by atoms with Crippen molar-refractivity contribution >= 4 is 17.8 Å². The van der Waals surface area contributed by atoms with E-state index in [9.17, 15) is 14.4 Å². The Morgan fingerprint density at radius 3 is 2.62 bits per heavy atom. The van der Waals surface area contributed by atoms with E-state index in [0.29, 0.717) is 6.54 Å². The van der Waals surface area contributed by atoms with Gasteiger partial charge in [0.1, 0.15) is 0 Å². The minimum atomic E-state index is -0.898.